The van der Waals surface area contributed by atoms with Crippen molar-refractivity contribution in [1.82, 2.24) is 4.98 Å². The van der Waals surface area contributed by atoms with Gasteiger partial charge >= 0.3 is 6.01 Å². The van der Waals surface area contributed by atoms with E-state index < -0.39 is 5.41 Å². The standard InChI is InChI=1S/C22H22N2O4/c1-26-17-9-7-16(8-10-17)22(11-12-22)20(25)24-21-23-14-18(28-21)13-15-5-3-4-6-19(15)27-2/h3-10,14H,11-13H2,1-2H3,(H,23,24,25). The minimum Gasteiger partial charge on any atom is -0.497 e. The summed E-state index contributed by atoms with van der Waals surface area (Å²) in [6.07, 6.45) is 3.78. The van der Waals surface area contributed by atoms with Crippen LogP contribution in [0.15, 0.2) is 59.1 Å². The fourth-order valence-electron chi connectivity index (χ4n) is 3.38. The molecule has 2 aromatic carbocycles. The first-order valence-corrected chi connectivity index (χ1v) is 9.17. The van der Waals surface area contributed by atoms with Crippen molar-refractivity contribution in [2.24, 2.45) is 0 Å². The normalized spacial score (nSPS) is 14.4. The summed E-state index contributed by atoms with van der Waals surface area (Å²) in [6, 6.07) is 15.6. The number of carbonyl (C=O) groups is 1. The van der Waals surface area contributed by atoms with Gasteiger partial charge in [-0.25, -0.2) is 4.98 Å². The summed E-state index contributed by atoms with van der Waals surface area (Å²) in [6.45, 7) is 0. The molecule has 1 amide bonds. The molecule has 0 spiro atoms. The summed E-state index contributed by atoms with van der Waals surface area (Å²) in [5.41, 5.74) is 1.46. The highest BCUT2D eigenvalue weighted by atomic mass is 16.5. The summed E-state index contributed by atoms with van der Waals surface area (Å²) in [5.74, 6) is 2.13. The second-order valence-electron chi connectivity index (χ2n) is 6.89. The van der Waals surface area contributed by atoms with Crippen LogP contribution in [0.4, 0.5) is 6.01 Å². The molecule has 6 nitrogen and oxygen atoms in total. The summed E-state index contributed by atoms with van der Waals surface area (Å²) in [5, 5.41) is 2.83. The van der Waals surface area contributed by atoms with Gasteiger partial charge in [0.05, 0.1) is 25.8 Å². The molecular formula is C22H22N2O4. The number of aromatic nitrogens is 1. The molecule has 0 bridgehead atoms. The van der Waals surface area contributed by atoms with Gasteiger partial charge < -0.3 is 13.9 Å². The first-order valence-electron chi connectivity index (χ1n) is 9.17. The lowest BCUT2D eigenvalue weighted by atomic mass is 9.95. The lowest BCUT2D eigenvalue weighted by Gasteiger charge is -2.14. The molecular weight excluding hydrogens is 356 g/mol. The SMILES string of the molecule is COc1ccc(C2(C(=O)Nc3ncc(Cc4ccccc4OC)o3)CC2)cc1. The smallest absolute Gasteiger partial charge is 0.301 e. The van der Waals surface area contributed by atoms with Crippen molar-refractivity contribution in [2.75, 3.05) is 19.5 Å². The average molecular weight is 378 g/mol. The molecule has 0 radical (unpaired) electrons. The van der Waals surface area contributed by atoms with Gasteiger partial charge in [0.15, 0.2) is 0 Å². The zero-order chi connectivity index (χ0) is 19.6. The number of rotatable bonds is 7. The number of benzene rings is 2. The number of ether oxygens (including phenoxy) is 2. The molecule has 1 aromatic heterocycles. The largest absolute Gasteiger partial charge is 0.497 e. The molecule has 1 aliphatic rings. The first-order chi connectivity index (χ1) is 13.6. The van der Waals surface area contributed by atoms with Crippen LogP contribution in [0.3, 0.4) is 0 Å². The molecule has 1 aliphatic carbocycles. The minimum atomic E-state index is -0.510. The molecule has 3 aromatic rings. The Bertz CT molecular complexity index is 974. The molecule has 0 atom stereocenters. The quantitative estimate of drug-likeness (QED) is 0.674. The van der Waals surface area contributed by atoms with Crippen molar-refractivity contribution < 1.29 is 18.7 Å². The lowest BCUT2D eigenvalue weighted by Crippen LogP contribution is -2.27. The Balaban J connectivity index is 1.45. The maximum Gasteiger partial charge on any atom is 0.301 e. The molecule has 0 saturated heterocycles. The van der Waals surface area contributed by atoms with Crippen LogP contribution in [-0.2, 0) is 16.6 Å². The van der Waals surface area contributed by atoms with Crippen molar-refractivity contribution >= 4 is 11.9 Å². The number of anilines is 1. The van der Waals surface area contributed by atoms with Crippen molar-refractivity contribution in [3.05, 3.63) is 71.6 Å². The van der Waals surface area contributed by atoms with Gasteiger partial charge in [-0.1, -0.05) is 30.3 Å². The molecule has 28 heavy (non-hydrogen) atoms. The van der Waals surface area contributed by atoms with E-state index in [2.05, 4.69) is 10.3 Å². The predicted molar refractivity (Wildman–Crippen MR) is 105 cm³/mol. The number of oxazole rings is 1. The van der Waals surface area contributed by atoms with Crippen LogP contribution < -0.4 is 14.8 Å². The molecule has 1 saturated carbocycles. The third kappa shape index (κ3) is 3.45. The Hall–Kier alpha value is -3.28. The summed E-state index contributed by atoms with van der Waals surface area (Å²) in [7, 11) is 3.26. The molecule has 0 unspecified atom stereocenters. The van der Waals surface area contributed by atoms with E-state index in [1.165, 1.54) is 0 Å². The van der Waals surface area contributed by atoms with Gasteiger partial charge in [0, 0.05) is 12.0 Å². The number of methoxy groups -OCH3 is 2. The van der Waals surface area contributed by atoms with Gasteiger partial charge in [0.2, 0.25) is 5.91 Å². The van der Waals surface area contributed by atoms with Gasteiger partial charge in [-0.2, -0.15) is 0 Å². The molecule has 144 valence electrons. The molecule has 1 N–H and O–H groups in total. The van der Waals surface area contributed by atoms with E-state index in [9.17, 15) is 4.79 Å². The minimum absolute atomic E-state index is 0.0941. The number of hydrogen-bond donors (Lipinski definition) is 1. The van der Waals surface area contributed by atoms with Crippen molar-refractivity contribution in [1.29, 1.82) is 0 Å². The van der Waals surface area contributed by atoms with Crippen LogP contribution >= 0.6 is 0 Å². The monoisotopic (exact) mass is 378 g/mol. The molecule has 1 fully saturated rings. The summed E-state index contributed by atoms with van der Waals surface area (Å²) >= 11 is 0. The fraction of sp³-hybridized carbons (Fsp3) is 0.273. The Kier molecular flexibility index (Phi) is 4.77. The number of nitrogens with zero attached hydrogens (tertiary/aromatic N) is 1. The number of para-hydroxylation sites is 1. The number of hydrogen-bond acceptors (Lipinski definition) is 5. The van der Waals surface area contributed by atoms with Crippen molar-refractivity contribution in [3.8, 4) is 11.5 Å². The van der Waals surface area contributed by atoms with Gasteiger partial charge in [-0.05, 0) is 36.6 Å². The Morgan fingerprint density at radius 1 is 1.11 bits per heavy atom. The Labute approximate surface area is 163 Å². The second-order valence-corrected chi connectivity index (χ2v) is 6.89. The van der Waals surface area contributed by atoms with E-state index in [0.717, 1.165) is 35.5 Å². The van der Waals surface area contributed by atoms with Crippen LogP contribution in [-0.4, -0.2) is 25.1 Å². The Morgan fingerprint density at radius 3 is 2.54 bits per heavy atom. The highest BCUT2D eigenvalue weighted by molar-refractivity contribution is 6.00. The second kappa shape index (κ2) is 7.38. The van der Waals surface area contributed by atoms with Crippen LogP contribution in [0.25, 0.3) is 0 Å². The topological polar surface area (TPSA) is 73.6 Å². The van der Waals surface area contributed by atoms with Crippen LogP contribution in [0, 0.1) is 0 Å². The third-order valence-electron chi connectivity index (χ3n) is 5.16. The zero-order valence-corrected chi connectivity index (χ0v) is 15.9. The van der Waals surface area contributed by atoms with Crippen LogP contribution in [0.1, 0.15) is 29.7 Å². The number of amides is 1. The molecule has 1 heterocycles. The molecule has 4 rings (SSSR count). The van der Waals surface area contributed by atoms with E-state index in [1.54, 1.807) is 20.4 Å². The highest BCUT2D eigenvalue weighted by Crippen LogP contribution is 2.49. The third-order valence-corrected chi connectivity index (χ3v) is 5.16. The fourth-order valence-corrected chi connectivity index (χ4v) is 3.38. The van der Waals surface area contributed by atoms with E-state index in [1.807, 2.05) is 48.5 Å². The van der Waals surface area contributed by atoms with E-state index in [0.29, 0.717) is 12.2 Å². The van der Waals surface area contributed by atoms with E-state index in [-0.39, 0.29) is 11.9 Å². The van der Waals surface area contributed by atoms with Crippen molar-refractivity contribution in [3.63, 3.8) is 0 Å². The van der Waals surface area contributed by atoms with Crippen LogP contribution in [0.5, 0.6) is 11.5 Å². The number of carbonyl (C=O) groups excluding carboxylic acids is 1. The molecule has 6 heteroatoms. The summed E-state index contributed by atoms with van der Waals surface area (Å²) < 4.78 is 16.3. The van der Waals surface area contributed by atoms with Gasteiger partial charge in [0.1, 0.15) is 17.3 Å². The van der Waals surface area contributed by atoms with Gasteiger partial charge in [-0.15, -0.1) is 0 Å². The van der Waals surface area contributed by atoms with Gasteiger partial charge in [-0.3, -0.25) is 10.1 Å². The Morgan fingerprint density at radius 2 is 1.86 bits per heavy atom. The maximum absolute atomic E-state index is 12.9. The average Bonchev–Trinajstić information content (AvgIpc) is 3.44. The maximum atomic E-state index is 12.9. The lowest BCUT2D eigenvalue weighted by molar-refractivity contribution is -0.118. The summed E-state index contributed by atoms with van der Waals surface area (Å²) in [4.78, 5) is 17.1. The highest BCUT2D eigenvalue weighted by Gasteiger charge is 2.51. The zero-order valence-electron chi connectivity index (χ0n) is 15.9. The predicted octanol–water partition coefficient (Wildman–Crippen LogP) is 3.95. The number of nitrogens with one attached hydrogen (secondary N) is 1. The first kappa shape index (κ1) is 18.1. The van der Waals surface area contributed by atoms with E-state index >= 15 is 0 Å². The van der Waals surface area contributed by atoms with Crippen LogP contribution in [0.2, 0.25) is 0 Å². The molecule has 0 aliphatic heterocycles. The van der Waals surface area contributed by atoms with E-state index in [4.69, 9.17) is 13.9 Å². The van der Waals surface area contributed by atoms with Crippen molar-refractivity contribution in [2.45, 2.75) is 24.7 Å². The van der Waals surface area contributed by atoms with Gasteiger partial charge in [0.25, 0.3) is 0 Å².